The Morgan fingerprint density at radius 3 is 2.54 bits per heavy atom. The highest BCUT2D eigenvalue weighted by molar-refractivity contribution is 5.80. The number of fused-ring (bicyclic) bond motifs is 6. The summed E-state index contributed by atoms with van der Waals surface area (Å²) in [7, 11) is 0. The molecule has 1 fully saturated rings. The molecule has 0 aliphatic carbocycles. The molecule has 2 aromatic heterocycles. The average molecular weight is 625 g/mol. The molecule has 1 N–H and O–H groups in total. The Labute approximate surface area is 270 Å². The van der Waals surface area contributed by atoms with Crippen LogP contribution in [0.2, 0.25) is 0 Å². The number of anilines is 1. The minimum absolute atomic E-state index is 0.147. The second-order valence-corrected chi connectivity index (χ2v) is 13.8. The zero-order valence-electron chi connectivity index (χ0n) is 27.8. The van der Waals surface area contributed by atoms with Gasteiger partial charge >= 0.3 is 5.97 Å². The molecule has 2 atom stereocenters. The summed E-state index contributed by atoms with van der Waals surface area (Å²) in [6, 6.07) is 16.5. The summed E-state index contributed by atoms with van der Waals surface area (Å²) in [6.45, 7) is 15.5. The third kappa shape index (κ3) is 6.52. The van der Waals surface area contributed by atoms with Gasteiger partial charge in [-0.25, -0.2) is 9.78 Å². The van der Waals surface area contributed by atoms with E-state index in [0.29, 0.717) is 42.4 Å². The molecule has 4 aromatic rings. The van der Waals surface area contributed by atoms with E-state index >= 15 is 0 Å². The molecule has 2 aromatic carbocycles. The molecule has 6 bridgehead atoms. The van der Waals surface area contributed by atoms with Crippen LogP contribution in [0, 0.1) is 13.8 Å². The van der Waals surface area contributed by atoms with Crippen LogP contribution in [0.15, 0.2) is 60.7 Å². The van der Waals surface area contributed by atoms with E-state index in [0.717, 1.165) is 46.5 Å². The first-order valence-electron chi connectivity index (χ1n) is 16.0. The molecule has 0 amide bonds. The Morgan fingerprint density at radius 1 is 1.09 bits per heavy atom. The number of benzene rings is 2. The van der Waals surface area contributed by atoms with Gasteiger partial charge in [0.1, 0.15) is 17.7 Å². The van der Waals surface area contributed by atoms with Crippen LogP contribution in [0.5, 0.6) is 5.75 Å². The zero-order valence-corrected chi connectivity index (χ0v) is 27.8. The van der Waals surface area contributed by atoms with Gasteiger partial charge in [0.25, 0.3) is 0 Å². The van der Waals surface area contributed by atoms with E-state index in [9.17, 15) is 9.90 Å². The molecule has 0 saturated carbocycles. The molecule has 0 unspecified atom stereocenters. The molecule has 5 heterocycles. The summed E-state index contributed by atoms with van der Waals surface area (Å²) >= 11 is 0. The first kappa shape index (κ1) is 31.8. The lowest BCUT2D eigenvalue weighted by molar-refractivity contribution is -0.160. The number of nitrogens with zero attached hydrogens (tertiary/aromatic N) is 4. The summed E-state index contributed by atoms with van der Waals surface area (Å²) in [6.07, 6.45) is 4.23. The van der Waals surface area contributed by atoms with Gasteiger partial charge in [0.05, 0.1) is 29.1 Å². The van der Waals surface area contributed by atoms with Gasteiger partial charge in [-0.3, -0.25) is 0 Å². The number of aryl methyl sites for hydroxylation is 2. The topological polar surface area (TPSA) is 98.4 Å². The van der Waals surface area contributed by atoms with Gasteiger partial charge in [-0.15, -0.1) is 0 Å². The van der Waals surface area contributed by atoms with Crippen LogP contribution in [-0.2, 0) is 14.3 Å². The molecule has 0 spiro atoms. The molecule has 0 radical (unpaired) electrons. The molecule has 9 heteroatoms. The van der Waals surface area contributed by atoms with Crippen molar-refractivity contribution >= 4 is 17.4 Å². The Hall–Kier alpha value is -4.21. The van der Waals surface area contributed by atoms with Gasteiger partial charge in [0.15, 0.2) is 11.8 Å². The van der Waals surface area contributed by atoms with Crippen molar-refractivity contribution in [2.45, 2.75) is 84.7 Å². The third-order valence-electron chi connectivity index (χ3n) is 8.74. The summed E-state index contributed by atoms with van der Waals surface area (Å²) in [5.41, 5.74) is 5.55. The summed E-state index contributed by atoms with van der Waals surface area (Å²) < 4.78 is 20.9. The molecule has 9 nitrogen and oxygen atoms in total. The van der Waals surface area contributed by atoms with Gasteiger partial charge in [-0.05, 0) is 91.1 Å². The maximum atomic E-state index is 12.8. The maximum Gasteiger partial charge on any atom is 0.337 e. The summed E-state index contributed by atoms with van der Waals surface area (Å²) in [5.74, 6) is 0.438. The predicted octanol–water partition coefficient (Wildman–Crippen LogP) is 7.33. The van der Waals surface area contributed by atoms with Crippen molar-refractivity contribution in [2.24, 2.45) is 0 Å². The number of ether oxygens (including phenoxy) is 3. The minimum atomic E-state index is -1.22. The molecule has 1 saturated heterocycles. The van der Waals surface area contributed by atoms with Crippen molar-refractivity contribution in [3.05, 3.63) is 77.5 Å². The number of hydrogen-bond donors (Lipinski definition) is 1. The van der Waals surface area contributed by atoms with Crippen molar-refractivity contribution in [2.75, 3.05) is 24.6 Å². The fourth-order valence-corrected chi connectivity index (χ4v) is 6.34. The Bertz CT molecular complexity index is 1800. The van der Waals surface area contributed by atoms with E-state index in [1.54, 1.807) is 4.52 Å². The smallest absolute Gasteiger partial charge is 0.337 e. The lowest BCUT2D eigenvalue weighted by atomic mass is 9.92. The SMILES string of the molecule is Cc1ccc2c(c1)-c1cccc(c1)-c1cc3nc(C)c([C@H](OC(C)(C)C)C(=O)O)c(n3n1)N1CCC(C)(CC1)OC/C=C/[C@H](C)O2. The zero-order chi connectivity index (χ0) is 32.8. The Morgan fingerprint density at radius 2 is 1.83 bits per heavy atom. The number of aromatic nitrogens is 3. The van der Waals surface area contributed by atoms with Gasteiger partial charge in [0, 0.05) is 36.0 Å². The third-order valence-corrected chi connectivity index (χ3v) is 8.74. The van der Waals surface area contributed by atoms with Crippen LogP contribution in [-0.4, -0.2) is 62.7 Å². The second-order valence-electron chi connectivity index (χ2n) is 13.8. The molecular weight excluding hydrogens is 580 g/mol. The quantitative estimate of drug-likeness (QED) is 0.237. The molecule has 46 heavy (non-hydrogen) atoms. The first-order chi connectivity index (χ1) is 21.8. The van der Waals surface area contributed by atoms with Gasteiger partial charge in [-0.2, -0.15) is 9.61 Å². The number of piperidine rings is 1. The number of aliphatic carboxylic acids is 1. The van der Waals surface area contributed by atoms with Crippen LogP contribution in [0.25, 0.3) is 28.0 Å². The molecule has 3 aliphatic heterocycles. The fraction of sp³-hybridized carbons (Fsp3) is 0.432. The summed E-state index contributed by atoms with van der Waals surface area (Å²) in [5, 5.41) is 15.6. The molecule has 3 aliphatic rings. The minimum Gasteiger partial charge on any atom is -0.486 e. The molecular formula is C37H44N4O5. The van der Waals surface area contributed by atoms with E-state index in [4.69, 9.17) is 24.3 Å². The van der Waals surface area contributed by atoms with Crippen LogP contribution in [0.4, 0.5) is 5.82 Å². The van der Waals surface area contributed by atoms with Crippen molar-refractivity contribution in [3.63, 3.8) is 0 Å². The van der Waals surface area contributed by atoms with Gasteiger partial charge in [-0.1, -0.05) is 35.9 Å². The maximum absolute atomic E-state index is 12.8. The van der Waals surface area contributed by atoms with Crippen LogP contribution >= 0.6 is 0 Å². The Balaban J connectivity index is 1.56. The number of carboxylic acids is 1. The van der Waals surface area contributed by atoms with E-state index in [-0.39, 0.29) is 11.7 Å². The van der Waals surface area contributed by atoms with Crippen LogP contribution < -0.4 is 9.64 Å². The lowest BCUT2D eigenvalue weighted by Crippen LogP contribution is -2.45. The van der Waals surface area contributed by atoms with E-state index in [1.165, 1.54) is 0 Å². The fourth-order valence-electron chi connectivity index (χ4n) is 6.34. The number of hydrogen-bond acceptors (Lipinski definition) is 7. The largest absolute Gasteiger partial charge is 0.486 e. The lowest BCUT2D eigenvalue weighted by Gasteiger charge is -2.41. The normalized spacial score (nSPS) is 21.6. The standard InChI is InChI=1S/C37H44N4O5/c1-23-13-14-30-28(20-23)26-11-8-12-27(21-26)29-22-31-38-25(3)32(33(35(42)43)46-36(4,5)6)34(41(31)39-29)40-17-15-37(7,16-18-40)44-19-9-10-24(2)45-30/h8-14,20-22,24,33H,15-19H2,1-7H3,(H,42,43)/b10-9+/t24-,33-/m0/s1. The van der Waals surface area contributed by atoms with Gasteiger partial charge < -0.3 is 24.2 Å². The average Bonchev–Trinajstić information content (AvgIpc) is 3.42. The van der Waals surface area contributed by atoms with E-state index in [2.05, 4.69) is 43.0 Å². The predicted molar refractivity (Wildman–Crippen MR) is 180 cm³/mol. The van der Waals surface area contributed by atoms with Crippen molar-refractivity contribution < 1.29 is 24.1 Å². The highest BCUT2D eigenvalue weighted by Crippen LogP contribution is 2.39. The highest BCUT2D eigenvalue weighted by Gasteiger charge is 2.37. The van der Waals surface area contributed by atoms with Crippen molar-refractivity contribution in [3.8, 4) is 28.1 Å². The molecule has 7 rings (SSSR count). The first-order valence-corrected chi connectivity index (χ1v) is 16.0. The van der Waals surface area contributed by atoms with Crippen LogP contribution in [0.3, 0.4) is 0 Å². The second kappa shape index (κ2) is 12.2. The van der Waals surface area contributed by atoms with Crippen molar-refractivity contribution in [1.82, 2.24) is 14.6 Å². The van der Waals surface area contributed by atoms with E-state index in [1.807, 2.05) is 71.0 Å². The number of carboxylic acid groups (broad SMARTS) is 1. The van der Waals surface area contributed by atoms with E-state index < -0.39 is 17.7 Å². The Kier molecular flexibility index (Phi) is 8.42. The van der Waals surface area contributed by atoms with Crippen molar-refractivity contribution in [1.29, 1.82) is 0 Å². The number of carbonyl (C=O) groups is 1. The van der Waals surface area contributed by atoms with Gasteiger partial charge in [0.2, 0.25) is 0 Å². The molecule has 242 valence electrons. The number of rotatable bonds is 3. The highest BCUT2D eigenvalue weighted by atomic mass is 16.5. The monoisotopic (exact) mass is 624 g/mol. The summed E-state index contributed by atoms with van der Waals surface area (Å²) in [4.78, 5) is 19.9. The van der Waals surface area contributed by atoms with Crippen LogP contribution in [0.1, 0.15) is 70.4 Å².